The molecule has 4 nitrogen and oxygen atoms in total. The van der Waals surface area contributed by atoms with Crippen LogP contribution in [0, 0.1) is 6.92 Å². The Balaban J connectivity index is 2.31. The second-order valence-corrected chi connectivity index (χ2v) is 5.01. The van der Waals surface area contributed by atoms with E-state index in [1.54, 1.807) is 6.20 Å². The maximum atomic E-state index is 5.88. The number of rotatable bonds is 1. The molecule has 0 aliphatic heterocycles. The van der Waals surface area contributed by atoms with Crippen molar-refractivity contribution in [2.24, 2.45) is 0 Å². The molecule has 3 aromatic rings. The molecule has 0 bridgehead atoms. The predicted molar refractivity (Wildman–Crippen MR) is 79.6 cm³/mol. The molecule has 0 aliphatic carbocycles. The first-order valence-electron chi connectivity index (χ1n) is 5.80. The van der Waals surface area contributed by atoms with Crippen molar-refractivity contribution >= 4 is 32.7 Å². The van der Waals surface area contributed by atoms with Crippen LogP contribution in [0.5, 0.6) is 0 Å². The lowest BCUT2D eigenvalue weighted by Crippen LogP contribution is -2.00. The molecule has 0 unspecified atom stereocenters. The monoisotopic (exact) mass is 314 g/mol. The predicted octanol–water partition coefficient (Wildman–Crippen LogP) is 3.34. The summed E-state index contributed by atoms with van der Waals surface area (Å²) < 4.78 is 0.740. The van der Waals surface area contributed by atoms with Crippen LogP contribution in [0.2, 0.25) is 0 Å². The minimum atomic E-state index is 0.440. The molecule has 0 fully saturated rings. The number of nitrogens with two attached hydrogens (primary N) is 1. The molecule has 0 saturated carbocycles. The van der Waals surface area contributed by atoms with Gasteiger partial charge in [0.1, 0.15) is 5.82 Å². The highest BCUT2D eigenvalue weighted by atomic mass is 79.9. The number of halogens is 1. The normalized spacial score (nSPS) is 10.8. The summed E-state index contributed by atoms with van der Waals surface area (Å²) in [5, 5.41) is 1.06. The van der Waals surface area contributed by atoms with E-state index < -0.39 is 0 Å². The van der Waals surface area contributed by atoms with Crippen LogP contribution in [0.25, 0.3) is 22.3 Å². The zero-order valence-corrected chi connectivity index (χ0v) is 11.8. The summed E-state index contributed by atoms with van der Waals surface area (Å²) in [7, 11) is 0. The van der Waals surface area contributed by atoms with Crippen molar-refractivity contribution in [1.82, 2.24) is 15.0 Å². The van der Waals surface area contributed by atoms with Crippen LogP contribution in [0.1, 0.15) is 5.69 Å². The summed E-state index contributed by atoms with van der Waals surface area (Å²) in [5.74, 6) is 1.04. The molecule has 94 valence electrons. The summed E-state index contributed by atoms with van der Waals surface area (Å²) in [5.41, 5.74) is 8.47. The molecule has 0 saturated heterocycles. The van der Waals surface area contributed by atoms with Gasteiger partial charge in [0.2, 0.25) is 0 Å². The number of hydrogen-bond donors (Lipinski definition) is 1. The second-order valence-electron chi connectivity index (χ2n) is 4.21. The van der Waals surface area contributed by atoms with Gasteiger partial charge in [-0.1, -0.05) is 18.2 Å². The van der Waals surface area contributed by atoms with Crippen LogP contribution in [0.4, 0.5) is 5.82 Å². The third-order valence-electron chi connectivity index (χ3n) is 2.92. The van der Waals surface area contributed by atoms with E-state index in [2.05, 4.69) is 30.9 Å². The minimum absolute atomic E-state index is 0.440. The van der Waals surface area contributed by atoms with Gasteiger partial charge in [-0.2, -0.15) is 0 Å². The summed E-state index contributed by atoms with van der Waals surface area (Å²) in [6.45, 7) is 1.89. The van der Waals surface area contributed by atoms with E-state index in [1.807, 2.05) is 37.3 Å². The molecule has 2 aromatic heterocycles. The van der Waals surface area contributed by atoms with E-state index in [4.69, 9.17) is 5.73 Å². The van der Waals surface area contributed by atoms with Crippen molar-refractivity contribution in [2.75, 3.05) is 5.73 Å². The number of nitrogens with zero attached hydrogens (tertiary/aromatic N) is 3. The Labute approximate surface area is 118 Å². The Hall–Kier alpha value is -2.01. The van der Waals surface area contributed by atoms with E-state index >= 15 is 0 Å². The molecule has 0 aliphatic rings. The van der Waals surface area contributed by atoms with Gasteiger partial charge in [0.15, 0.2) is 5.82 Å². The van der Waals surface area contributed by atoms with Gasteiger partial charge in [0.05, 0.1) is 15.7 Å². The summed E-state index contributed by atoms with van der Waals surface area (Å²) in [6.07, 6.45) is 1.76. The highest BCUT2D eigenvalue weighted by Gasteiger charge is 2.11. The molecule has 0 atom stereocenters. The van der Waals surface area contributed by atoms with Gasteiger partial charge >= 0.3 is 0 Å². The standard InChI is InChI=1S/C14H11BrN4/c1-8-11(15)13(16)19-14(18-8)10-6-2-4-9-5-3-7-17-12(9)10/h2-7H,1H3,(H2,16,18,19). The Morgan fingerprint density at radius 2 is 1.89 bits per heavy atom. The first-order chi connectivity index (χ1) is 9.16. The first-order valence-corrected chi connectivity index (χ1v) is 6.60. The third-order valence-corrected chi connectivity index (χ3v) is 3.90. The van der Waals surface area contributed by atoms with Crippen LogP contribution in [0.3, 0.4) is 0 Å². The van der Waals surface area contributed by atoms with Gasteiger partial charge in [0, 0.05) is 17.1 Å². The number of hydrogen-bond acceptors (Lipinski definition) is 4. The van der Waals surface area contributed by atoms with Crippen molar-refractivity contribution < 1.29 is 0 Å². The molecular formula is C14H11BrN4. The van der Waals surface area contributed by atoms with Gasteiger partial charge in [-0.15, -0.1) is 0 Å². The summed E-state index contributed by atoms with van der Waals surface area (Å²) in [4.78, 5) is 13.2. The Kier molecular flexibility index (Phi) is 2.91. The fourth-order valence-corrected chi connectivity index (χ4v) is 2.16. The Morgan fingerprint density at radius 3 is 2.68 bits per heavy atom. The van der Waals surface area contributed by atoms with Crippen molar-refractivity contribution in [3.05, 3.63) is 46.7 Å². The quantitative estimate of drug-likeness (QED) is 0.748. The molecule has 2 heterocycles. The fraction of sp³-hybridized carbons (Fsp3) is 0.0714. The number of benzene rings is 1. The van der Waals surface area contributed by atoms with Crippen LogP contribution in [0.15, 0.2) is 41.0 Å². The van der Waals surface area contributed by atoms with Crippen molar-refractivity contribution in [3.8, 4) is 11.4 Å². The molecule has 2 N–H and O–H groups in total. The third kappa shape index (κ3) is 2.06. The minimum Gasteiger partial charge on any atom is -0.383 e. The number of anilines is 1. The molecule has 0 radical (unpaired) electrons. The van der Waals surface area contributed by atoms with Crippen molar-refractivity contribution in [1.29, 1.82) is 0 Å². The number of pyridine rings is 1. The molecular weight excluding hydrogens is 304 g/mol. The lowest BCUT2D eigenvalue weighted by Gasteiger charge is -2.07. The highest BCUT2D eigenvalue weighted by Crippen LogP contribution is 2.28. The molecule has 0 spiro atoms. The lowest BCUT2D eigenvalue weighted by molar-refractivity contribution is 1.10. The van der Waals surface area contributed by atoms with Crippen molar-refractivity contribution in [2.45, 2.75) is 6.92 Å². The van der Waals surface area contributed by atoms with Gasteiger partial charge < -0.3 is 5.73 Å². The van der Waals surface area contributed by atoms with Gasteiger partial charge in [-0.3, -0.25) is 4.98 Å². The Bertz CT molecular complexity index is 742. The lowest BCUT2D eigenvalue weighted by atomic mass is 10.1. The zero-order chi connectivity index (χ0) is 13.4. The van der Waals surface area contributed by atoms with Gasteiger partial charge in [-0.05, 0) is 35.0 Å². The van der Waals surface area contributed by atoms with Crippen LogP contribution in [-0.4, -0.2) is 15.0 Å². The van der Waals surface area contributed by atoms with E-state index in [0.717, 1.165) is 26.6 Å². The maximum Gasteiger partial charge on any atom is 0.164 e. The number of aromatic nitrogens is 3. The zero-order valence-electron chi connectivity index (χ0n) is 10.3. The van der Waals surface area contributed by atoms with E-state index in [1.165, 1.54) is 0 Å². The smallest absolute Gasteiger partial charge is 0.164 e. The SMILES string of the molecule is Cc1nc(-c2cccc3cccnc23)nc(N)c1Br. The topological polar surface area (TPSA) is 64.7 Å². The highest BCUT2D eigenvalue weighted by molar-refractivity contribution is 9.10. The van der Waals surface area contributed by atoms with E-state index in [9.17, 15) is 0 Å². The molecule has 19 heavy (non-hydrogen) atoms. The molecule has 5 heteroatoms. The number of nitrogen functional groups attached to an aromatic ring is 1. The molecule has 3 rings (SSSR count). The van der Waals surface area contributed by atoms with Crippen LogP contribution < -0.4 is 5.73 Å². The number of aryl methyl sites for hydroxylation is 1. The average molecular weight is 315 g/mol. The first kappa shape index (κ1) is 12.0. The second kappa shape index (κ2) is 4.59. The Morgan fingerprint density at radius 1 is 1.11 bits per heavy atom. The van der Waals surface area contributed by atoms with E-state index in [-0.39, 0.29) is 0 Å². The maximum absolute atomic E-state index is 5.88. The van der Waals surface area contributed by atoms with E-state index in [0.29, 0.717) is 11.6 Å². The summed E-state index contributed by atoms with van der Waals surface area (Å²) >= 11 is 3.37. The largest absolute Gasteiger partial charge is 0.383 e. The molecule has 0 amide bonds. The molecule has 1 aromatic carbocycles. The number of fused-ring (bicyclic) bond motifs is 1. The number of para-hydroxylation sites is 1. The average Bonchev–Trinajstić information content (AvgIpc) is 2.43. The van der Waals surface area contributed by atoms with Gasteiger partial charge in [-0.25, -0.2) is 9.97 Å². The van der Waals surface area contributed by atoms with Crippen molar-refractivity contribution in [3.63, 3.8) is 0 Å². The van der Waals surface area contributed by atoms with Crippen LogP contribution in [-0.2, 0) is 0 Å². The summed E-state index contributed by atoms with van der Waals surface area (Å²) in [6, 6.07) is 9.86. The van der Waals surface area contributed by atoms with Crippen LogP contribution >= 0.6 is 15.9 Å². The fourth-order valence-electron chi connectivity index (χ4n) is 1.99. The van der Waals surface area contributed by atoms with Gasteiger partial charge in [0.25, 0.3) is 0 Å².